The van der Waals surface area contributed by atoms with Crippen LogP contribution < -0.4 is 20.0 Å². The first-order chi connectivity index (χ1) is 15.2. The molecule has 0 atom stereocenters. The van der Waals surface area contributed by atoms with Crippen LogP contribution in [0.25, 0.3) is 0 Å². The maximum atomic E-state index is 12.4. The zero-order valence-electron chi connectivity index (χ0n) is 17.8. The molecule has 3 heterocycles. The Bertz CT molecular complexity index is 903. The standard InChI is InChI=1S/C23H29N3O5/c27-21-14-20(30-17-22(21)31-18-23(28)26-10-12-29-13-11-26)16-25-8-6-24(7-9-25)15-19-4-2-1-3-5-19/h1-5,14,17H,6-13,15-16,18H2/p+2. The van der Waals surface area contributed by atoms with Crippen LogP contribution in [0.15, 0.2) is 51.9 Å². The van der Waals surface area contributed by atoms with Gasteiger partial charge in [0.05, 0.1) is 13.2 Å². The molecule has 0 bridgehead atoms. The summed E-state index contributed by atoms with van der Waals surface area (Å²) < 4.78 is 16.3. The monoisotopic (exact) mass is 429 g/mol. The van der Waals surface area contributed by atoms with Crippen LogP contribution in [0.5, 0.6) is 5.75 Å². The van der Waals surface area contributed by atoms with Gasteiger partial charge in [0.2, 0.25) is 11.2 Å². The molecular formula is C23H31N3O5+2. The molecule has 2 aromatic rings. The number of morpholine rings is 1. The highest BCUT2D eigenvalue weighted by atomic mass is 16.5. The summed E-state index contributed by atoms with van der Waals surface area (Å²) in [6.45, 7) is 8.02. The van der Waals surface area contributed by atoms with Crippen molar-refractivity contribution >= 4 is 5.91 Å². The van der Waals surface area contributed by atoms with Gasteiger partial charge >= 0.3 is 0 Å². The normalized spacial score (nSPS) is 21.6. The van der Waals surface area contributed by atoms with E-state index in [0.29, 0.717) is 38.6 Å². The van der Waals surface area contributed by atoms with E-state index in [1.807, 2.05) is 6.07 Å². The molecule has 4 rings (SSSR count). The molecule has 166 valence electrons. The average Bonchev–Trinajstić information content (AvgIpc) is 2.81. The van der Waals surface area contributed by atoms with Crippen LogP contribution in [0.4, 0.5) is 0 Å². The van der Waals surface area contributed by atoms with Gasteiger partial charge in [0.25, 0.3) is 5.91 Å². The van der Waals surface area contributed by atoms with Crippen LogP contribution in [-0.2, 0) is 22.6 Å². The summed E-state index contributed by atoms with van der Waals surface area (Å²) >= 11 is 0. The lowest BCUT2D eigenvalue weighted by Crippen LogP contribution is -3.27. The Hall–Kier alpha value is -2.68. The van der Waals surface area contributed by atoms with Gasteiger partial charge < -0.3 is 28.6 Å². The third-order valence-corrected chi connectivity index (χ3v) is 5.95. The van der Waals surface area contributed by atoms with Crippen molar-refractivity contribution in [3.8, 4) is 5.75 Å². The number of carbonyl (C=O) groups excluding carboxylic acids is 1. The third-order valence-electron chi connectivity index (χ3n) is 5.95. The van der Waals surface area contributed by atoms with Gasteiger partial charge in [-0.3, -0.25) is 9.59 Å². The summed E-state index contributed by atoms with van der Waals surface area (Å²) in [6, 6.07) is 12.1. The summed E-state index contributed by atoms with van der Waals surface area (Å²) in [5, 5.41) is 0. The zero-order chi connectivity index (χ0) is 21.5. The Kier molecular flexibility index (Phi) is 7.35. The average molecular weight is 430 g/mol. The van der Waals surface area contributed by atoms with Crippen molar-refractivity contribution in [2.24, 2.45) is 0 Å². The van der Waals surface area contributed by atoms with E-state index in [4.69, 9.17) is 13.9 Å². The first-order valence-corrected chi connectivity index (χ1v) is 11.0. The molecule has 0 aliphatic carbocycles. The molecule has 8 nitrogen and oxygen atoms in total. The largest absolute Gasteiger partial charge is 0.477 e. The summed E-state index contributed by atoms with van der Waals surface area (Å²) in [7, 11) is 0. The quantitative estimate of drug-likeness (QED) is 0.552. The van der Waals surface area contributed by atoms with Gasteiger partial charge in [0.1, 0.15) is 45.5 Å². The second-order valence-corrected chi connectivity index (χ2v) is 8.20. The minimum atomic E-state index is -0.247. The molecular weight excluding hydrogens is 398 g/mol. The molecule has 0 radical (unpaired) electrons. The van der Waals surface area contributed by atoms with Gasteiger partial charge in [-0.1, -0.05) is 30.3 Å². The molecule has 2 aliphatic heterocycles. The number of nitrogens with one attached hydrogen (secondary N) is 2. The Morgan fingerprint density at radius 2 is 1.68 bits per heavy atom. The minimum Gasteiger partial charge on any atom is -0.477 e. The van der Waals surface area contributed by atoms with Gasteiger partial charge in [0.15, 0.2) is 12.4 Å². The van der Waals surface area contributed by atoms with E-state index in [-0.39, 0.29) is 23.7 Å². The van der Waals surface area contributed by atoms with Crippen molar-refractivity contribution < 1.29 is 28.5 Å². The Morgan fingerprint density at radius 1 is 1.00 bits per heavy atom. The van der Waals surface area contributed by atoms with Gasteiger partial charge in [-0.2, -0.15) is 0 Å². The Balaban J connectivity index is 1.23. The lowest BCUT2D eigenvalue weighted by Gasteiger charge is -2.29. The van der Waals surface area contributed by atoms with E-state index in [1.165, 1.54) is 22.8 Å². The number of ether oxygens (including phenoxy) is 2. The Labute approximate surface area is 181 Å². The van der Waals surface area contributed by atoms with Crippen LogP contribution in [0.2, 0.25) is 0 Å². The number of amides is 1. The maximum Gasteiger partial charge on any atom is 0.260 e. The summed E-state index contributed by atoms with van der Waals surface area (Å²) in [5.41, 5.74) is 1.12. The molecule has 1 aromatic carbocycles. The first kappa shape index (κ1) is 21.5. The van der Waals surface area contributed by atoms with Crippen molar-refractivity contribution in [1.82, 2.24) is 4.90 Å². The lowest BCUT2D eigenvalue weighted by atomic mass is 10.2. The lowest BCUT2D eigenvalue weighted by molar-refractivity contribution is -1.02. The number of piperazine rings is 1. The predicted molar refractivity (Wildman–Crippen MR) is 113 cm³/mol. The van der Waals surface area contributed by atoms with Crippen LogP contribution in [0.1, 0.15) is 11.3 Å². The molecule has 1 aromatic heterocycles. The van der Waals surface area contributed by atoms with E-state index in [9.17, 15) is 9.59 Å². The molecule has 2 N–H and O–H groups in total. The first-order valence-electron chi connectivity index (χ1n) is 11.0. The van der Waals surface area contributed by atoms with E-state index in [1.54, 1.807) is 9.80 Å². The second-order valence-electron chi connectivity index (χ2n) is 8.20. The minimum absolute atomic E-state index is 0.0810. The molecule has 0 spiro atoms. The summed E-state index contributed by atoms with van der Waals surface area (Å²) in [4.78, 5) is 29.2. The van der Waals surface area contributed by atoms with Crippen molar-refractivity contribution in [2.45, 2.75) is 13.1 Å². The summed E-state index contributed by atoms with van der Waals surface area (Å²) in [5.74, 6) is 0.586. The van der Waals surface area contributed by atoms with E-state index in [2.05, 4.69) is 24.3 Å². The fraction of sp³-hybridized carbons (Fsp3) is 0.478. The predicted octanol–water partition coefficient (Wildman–Crippen LogP) is -1.64. The molecule has 0 unspecified atom stereocenters. The molecule has 1 amide bonds. The van der Waals surface area contributed by atoms with E-state index < -0.39 is 0 Å². The van der Waals surface area contributed by atoms with E-state index >= 15 is 0 Å². The number of benzene rings is 1. The molecule has 0 saturated carbocycles. The highest BCUT2D eigenvalue weighted by Gasteiger charge is 2.24. The topological polar surface area (TPSA) is 77.9 Å². The number of rotatable bonds is 7. The number of hydrogen-bond acceptors (Lipinski definition) is 5. The van der Waals surface area contributed by atoms with Crippen molar-refractivity contribution in [2.75, 3.05) is 59.1 Å². The van der Waals surface area contributed by atoms with Crippen molar-refractivity contribution in [3.63, 3.8) is 0 Å². The van der Waals surface area contributed by atoms with Gasteiger partial charge in [-0.15, -0.1) is 0 Å². The fourth-order valence-electron chi connectivity index (χ4n) is 4.12. The second kappa shape index (κ2) is 10.6. The van der Waals surface area contributed by atoms with Gasteiger partial charge in [-0.25, -0.2) is 0 Å². The van der Waals surface area contributed by atoms with Gasteiger partial charge in [-0.05, 0) is 0 Å². The maximum absolute atomic E-state index is 12.4. The highest BCUT2D eigenvalue weighted by Crippen LogP contribution is 2.06. The van der Waals surface area contributed by atoms with Crippen molar-refractivity contribution in [1.29, 1.82) is 0 Å². The van der Waals surface area contributed by atoms with Crippen LogP contribution in [0.3, 0.4) is 0 Å². The van der Waals surface area contributed by atoms with Crippen LogP contribution >= 0.6 is 0 Å². The molecule has 31 heavy (non-hydrogen) atoms. The summed E-state index contributed by atoms with van der Waals surface area (Å²) in [6.07, 6.45) is 1.33. The fourth-order valence-corrected chi connectivity index (χ4v) is 4.12. The molecule has 2 aliphatic rings. The molecule has 8 heteroatoms. The highest BCUT2D eigenvalue weighted by molar-refractivity contribution is 5.77. The molecule has 2 fully saturated rings. The Morgan fingerprint density at radius 3 is 2.35 bits per heavy atom. The van der Waals surface area contributed by atoms with Crippen molar-refractivity contribution in [3.05, 3.63) is 64.2 Å². The zero-order valence-corrected chi connectivity index (χ0v) is 17.8. The SMILES string of the molecule is O=C(COc1coc(C[NH+]2CC[NH+](Cc3ccccc3)CC2)cc1=O)N1CCOCC1. The number of quaternary nitrogens is 2. The number of carbonyl (C=O) groups is 1. The number of nitrogens with zero attached hydrogens (tertiary/aromatic N) is 1. The van der Waals surface area contributed by atoms with Crippen LogP contribution in [-0.4, -0.2) is 69.9 Å². The third kappa shape index (κ3) is 6.16. The van der Waals surface area contributed by atoms with E-state index in [0.717, 1.165) is 32.7 Å². The van der Waals surface area contributed by atoms with Gasteiger partial charge in [0, 0.05) is 24.7 Å². The van der Waals surface area contributed by atoms with Crippen LogP contribution in [0, 0.1) is 0 Å². The number of hydrogen-bond donors (Lipinski definition) is 2. The smallest absolute Gasteiger partial charge is 0.260 e. The molecule has 2 saturated heterocycles.